The number of anilines is 1. The molecule has 0 aliphatic carbocycles. The van der Waals surface area contributed by atoms with Crippen molar-refractivity contribution in [2.75, 3.05) is 5.32 Å². The summed E-state index contributed by atoms with van der Waals surface area (Å²) in [7, 11) is 0. The highest BCUT2D eigenvalue weighted by Crippen LogP contribution is 2.24. The molecule has 0 aliphatic rings. The lowest BCUT2D eigenvalue weighted by Gasteiger charge is -2.09. The fourth-order valence-electron chi connectivity index (χ4n) is 1.58. The van der Waals surface area contributed by atoms with Gasteiger partial charge in [-0.15, -0.1) is 0 Å². The fraction of sp³-hybridized carbons (Fsp3) is 0.0714. The van der Waals surface area contributed by atoms with Crippen LogP contribution in [0.1, 0.15) is 11.1 Å². The minimum Gasteiger partial charge on any atom is -0.381 e. The number of nitrogens with one attached hydrogen (secondary N) is 1. The zero-order valence-corrected chi connectivity index (χ0v) is 12.9. The Bertz CT molecular complexity index is 650. The average Bonchev–Trinajstić information content (AvgIpc) is 2.38. The third kappa shape index (κ3) is 3.63. The van der Waals surface area contributed by atoms with E-state index < -0.39 is 0 Å². The summed E-state index contributed by atoms with van der Waals surface area (Å²) in [6.07, 6.45) is 0. The van der Waals surface area contributed by atoms with Crippen LogP contribution in [0.3, 0.4) is 0 Å². The van der Waals surface area contributed by atoms with Gasteiger partial charge in [-0.3, -0.25) is 0 Å². The van der Waals surface area contributed by atoms with Crippen molar-refractivity contribution in [1.82, 2.24) is 0 Å². The Balaban J connectivity index is 2.10. The topological polar surface area (TPSA) is 35.8 Å². The van der Waals surface area contributed by atoms with Crippen molar-refractivity contribution in [2.45, 2.75) is 6.54 Å². The second-order valence-electron chi connectivity index (χ2n) is 3.90. The summed E-state index contributed by atoms with van der Waals surface area (Å²) >= 11 is 15.3. The first-order valence-corrected chi connectivity index (χ1v) is 7.02. The van der Waals surface area contributed by atoms with E-state index in [2.05, 4.69) is 21.2 Å². The molecule has 19 heavy (non-hydrogen) atoms. The van der Waals surface area contributed by atoms with Gasteiger partial charge in [-0.25, -0.2) is 0 Å². The molecule has 2 aromatic carbocycles. The predicted octanol–water partition coefficient (Wildman–Crippen LogP) is 5.24. The van der Waals surface area contributed by atoms with Gasteiger partial charge < -0.3 is 5.32 Å². The van der Waals surface area contributed by atoms with Crippen molar-refractivity contribution < 1.29 is 0 Å². The molecule has 0 fully saturated rings. The van der Waals surface area contributed by atoms with Crippen LogP contribution in [-0.4, -0.2) is 0 Å². The predicted molar refractivity (Wildman–Crippen MR) is 82.6 cm³/mol. The first-order chi connectivity index (χ1) is 9.10. The van der Waals surface area contributed by atoms with E-state index in [4.69, 9.17) is 28.5 Å². The maximum Gasteiger partial charge on any atom is 0.101 e. The summed E-state index contributed by atoms with van der Waals surface area (Å²) < 4.78 is 0.951. The molecular formula is C14H9BrCl2N2. The smallest absolute Gasteiger partial charge is 0.101 e. The van der Waals surface area contributed by atoms with E-state index in [-0.39, 0.29) is 0 Å². The summed E-state index contributed by atoms with van der Waals surface area (Å²) in [6.45, 7) is 0.639. The minimum absolute atomic E-state index is 0.447. The lowest BCUT2D eigenvalue weighted by Crippen LogP contribution is -2.00. The van der Waals surface area contributed by atoms with Crippen LogP contribution in [0.2, 0.25) is 10.0 Å². The van der Waals surface area contributed by atoms with Gasteiger partial charge in [0, 0.05) is 21.7 Å². The highest BCUT2D eigenvalue weighted by Gasteiger charge is 2.03. The Morgan fingerprint density at radius 3 is 2.58 bits per heavy atom. The molecule has 0 aliphatic heterocycles. The van der Waals surface area contributed by atoms with Gasteiger partial charge in [0.05, 0.1) is 10.6 Å². The number of halogens is 3. The first-order valence-electron chi connectivity index (χ1n) is 5.47. The lowest BCUT2D eigenvalue weighted by atomic mass is 10.2. The van der Waals surface area contributed by atoms with Crippen LogP contribution in [0.25, 0.3) is 0 Å². The molecule has 0 amide bonds. The van der Waals surface area contributed by atoms with Gasteiger partial charge in [-0.05, 0) is 35.9 Å². The molecule has 0 bridgehead atoms. The van der Waals surface area contributed by atoms with Gasteiger partial charge in [-0.1, -0.05) is 45.2 Å². The number of nitrogens with zero attached hydrogens (tertiary/aromatic N) is 1. The van der Waals surface area contributed by atoms with Crippen molar-refractivity contribution in [2.24, 2.45) is 0 Å². The zero-order valence-electron chi connectivity index (χ0n) is 9.75. The summed E-state index contributed by atoms with van der Waals surface area (Å²) in [4.78, 5) is 0. The SMILES string of the molecule is N#Cc1ccc(NCc2ccc(Cl)cc2Br)cc1Cl. The molecular weight excluding hydrogens is 347 g/mol. The Morgan fingerprint density at radius 1 is 1.16 bits per heavy atom. The summed E-state index contributed by atoms with van der Waals surface area (Å²) in [5.74, 6) is 0. The normalized spacial score (nSPS) is 10.0. The molecule has 96 valence electrons. The van der Waals surface area contributed by atoms with Gasteiger partial charge >= 0.3 is 0 Å². The molecule has 0 heterocycles. The molecule has 0 saturated heterocycles. The van der Waals surface area contributed by atoms with E-state index in [0.717, 1.165) is 15.7 Å². The average molecular weight is 356 g/mol. The molecule has 2 aromatic rings. The third-order valence-corrected chi connectivity index (χ3v) is 3.87. The number of hydrogen-bond donors (Lipinski definition) is 1. The quantitative estimate of drug-likeness (QED) is 0.817. The maximum absolute atomic E-state index is 8.81. The molecule has 0 aromatic heterocycles. The van der Waals surface area contributed by atoms with Crippen LogP contribution in [0.4, 0.5) is 5.69 Å². The van der Waals surface area contributed by atoms with Gasteiger partial charge in [0.15, 0.2) is 0 Å². The lowest BCUT2D eigenvalue weighted by molar-refractivity contribution is 1.14. The second-order valence-corrected chi connectivity index (χ2v) is 5.59. The molecule has 0 unspecified atom stereocenters. The molecule has 2 rings (SSSR count). The van der Waals surface area contributed by atoms with Crippen LogP contribution in [0, 0.1) is 11.3 Å². The Labute approximate surface area is 130 Å². The van der Waals surface area contributed by atoms with Crippen LogP contribution in [0.15, 0.2) is 40.9 Å². The summed E-state index contributed by atoms with van der Waals surface area (Å²) in [5.41, 5.74) is 2.43. The maximum atomic E-state index is 8.81. The molecule has 0 spiro atoms. The third-order valence-electron chi connectivity index (χ3n) is 2.59. The minimum atomic E-state index is 0.447. The molecule has 5 heteroatoms. The standard InChI is InChI=1S/C14H9BrCl2N2/c15-13-5-11(16)3-1-10(13)8-19-12-4-2-9(7-18)14(17)6-12/h1-6,19H,8H2. The van der Waals surface area contributed by atoms with Gasteiger partial charge in [0.25, 0.3) is 0 Å². The van der Waals surface area contributed by atoms with E-state index in [9.17, 15) is 0 Å². The number of benzene rings is 2. The van der Waals surface area contributed by atoms with Crippen molar-refractivity contribution in [3.05, 3.63) is 62.0 Å². The first kappa shape index (κ1) is 14.2. The van der Waals surface area contributed by atoms with Crippen molar-refractivity contribution in [3.8, 4) is 6.07 Å². The summed E-state index contributed by atoms with van der Waals surface area (Å²) in [5, 5.41) is 13.2. The van der Waals surface area contributed by atoms with E-state index in [0.29, 0.717) is 22.2 Å². The largest absolute Gasteiger partial charge is 0.381 e. The molecule has 1 N–H and O–H groups in total. The molecule has 0 saturated carbocycles. The number of rotatable bonds is 3. The highest BCUT2D eigenvalue weighted by molar-refractivity contribution is 9.10. The fourth-order valence-corrected chi connectivity index (χ4v) is 2.62. The van der Waals surface area contributed by atoms with Crippen LogP contribution < -0.4 is 5.32 Å². The molecule has 0 atom stereocenters. The van der Waals surface area contributed by atoms with Crippen molar-refractivity contribution in [3.63, 3.8) is 0 Å². The Kier molecular flexibility index (Phi) is 4.71. The van der Waals surface area contributed by atoms with E-state index in [1.54, 1.807) is 12.1 Å². The highest BCUT2D eigenvalue weighted by atomic mass is 79.9. The van der Waals surface area contributed by atoms with Crippen LogP contribution >= 0.6 is 39.1 Å². The van der Waals surface area contributed by atoms with Gasteiger partial charge in [-0.2, -0.15) is 5.26 Å². The molecule has 0 radical (unpaired) electrons. The van der Waals surface area contributed by atoms with E-state index in [1.165, 1.54) is 0 Å². The van der Waals surface area contributed by atoms with Gasteiger partial charge in [0.2, 0.25) is 0 Å². The van der Waals surface area contributed by atoms with Crippen molar-refractivity contribution >= 4 is 44.8 Å². The van der Waals surface area contributed by atoms with Crippen LogP contribution in [-0.2, 0) is 6.54 Å². The zero-order chi connectivity index (χ0) is 13.8. The number of nitriles is 1. The van der Waals surface area contributed by atoms with Gasteiger partial charge in [0.1, 0.15) is 6.07 Å². The van der Waals surface area contributed by atoms with E-state index in [1.807, 2.05) is 30.3 Å². The number of hydrogen-bond acceptors (Lipinski definition) is 2. The molecule has 2 nitrogen and oxygen atoms in total. The Hall–Kier alpha value is -1.21. The van der Waals surface area contributed by atoms with Crippen molar-refractivity contribution in [1.29, 1.82) is 5.26 Å². The summed E-state index contributed by atoms with van der Waals surface area (Å²) in [6, 6.07) is 12.9. The monoisotopic (exact) mass is 354 g/mol. The van der Waals surface area contributed by atoms with Crippen LogP contribution in [0.5, 0.6) is 0 Å². The second kappa shape index (κ2) is 6.29. The Morgan fingerprint density at radius 2 is 1.95 bits per heavy atom. The van der Waals surface area contributed by atoms with E-state index >= 15 is 0 Å².